The SMILES string of the molecule is Nc1nc2c([nH]1)C=CN(N)C2c1ccsc1. The summed E-state index contributed by atoms with van der Waals surface area (Å²) in [6, 6.07) is 1.99. The zero-order valence-electron chi connectivity index (χ0n) is 8.42. The summed E-state index contributed by atoms with van der Waals surface area (Å²) in [6.45, 7) is 0. The van der Waals surface area contributed by atoms with Gasteiger partial charge in [-0.05, 0) is 28.5 Å². The zero-order chi connectivity index (χ0) is 11.1. The number of aromatic nitrogens is 2. The first-order valence-electron chi connectivity index (χ1n) is 4.84. The van der Waals surface area contributed by atoms with E-state index in [-0.39, 0.29) is 6.04 Å². The van der Waals surface area contributed by atoms with E-state index >= 15 is 0 Å². The van der Waals surface area contributed by atoms with Gasteiger partial charge in [0, 0.05) is 6.20 Å². The van der Waals surface area contributed by atoms with E-state index in [4.69, 9.17) is 11.6 Å². The molecule has 3 rings (SSSR count). The second-order valence-corrected chi connectivity index (χ2v) is 4.42. The summed E-state index contributed by atoms with van der Waals surface area (Å²) in [6.07, 6.45) is 3.70. The van der Waals surface area contributed by atoms with Crippen LogP contribution in [0, 0.1) is 0 Å². The molecule has 6 heteroatoms. The Hall–Kier alpha value is -1.79. The monoisotopic (exact) mass is 233 g/mol. The van der Waals surface area contributed by atoms with Crippen molar-refractivity contribution in [3.8, 4) is 0 Å². The first-order chi connectivity index (χ1) is 7.75. The molecule has 82 valence electrons. The first-order valence-corrected chi connectivity index (χ1v) is 5.78. The second-order valence-electron chi connectivity index (χ2n) is 3.64. The molecule has 3 heterocycles. The van der Waals surface area contributed by atoms with Gasteiger partial charge in [-0.25, -0.2) is 10.8 Å². The molecule has 1 unspecified atom stereocenters. The molecule has 0 saturated heterocycles. The van der Waals surface area contributed by atoms with E-state index in [0.29, 0.717) is 5.95 Å². The topological polar surface area (TPSA) is 84.0 Å². The molecule has 0 aliphatic carbocycles. The number of imidazole rings is 1. The molecule has 0 amide bonds. The van der Waals surface area contributed by atoms with Crippen molar-refractivity contribution >= 4 is 23.4 Å². The number of hydrogen-bond acceptors (Lipinski definition) is 5. The Labute approximate surface area is 96.4 Å². The van der Waals surface area contributed by atoms with Crippen LogP contribution in [0.1, 0.15) is 23.0 Å². The summed E-state index contributed by atoms with van der Waals surface area (Å²) >= 11 is 1.64. The highest BCUT2D eigenvalue weighted by atomic mass is 32.1. The van der Waals surface area contributed by atoms with Gasteiger partial charge >= 0.3 is 0 Å². The van der Waals surface area contributed by atoms with Crippen LogP contribution in [-0.4, -0.2) is 15.0 Å². The number of nitrogens with two attached hydrogens (primary N) is 2. The van der Waals surface area contributed by atoms with Crippen LogP contribution in [0.4, 0.5) is 5.95 Å². The van der Waals surface area contributed by atoms with Gasteiger partial charge in [0.1, 0.15) is 6.04 Å². The van der Waals surface area contributed by atoms with Gasteiger partial charge in [0.05, 0.1) is 11.4 Å². The molecular formula is C10H11N5S. The summed E-state index contributed by atoms with van der Waals surface area (Å²) in [5.41, 5.74) is 8.59. The normalized spacial score (nSPS) is 18.8. The van der Waals surface area contributed by atoms with Crippen LogP contribution in [0.5, 0.6) is 0 Å². The summed E-state index contributed by atoms with van der Waals surface area (Å²) in [7, 11) is 0. The van der Waals surface area contributed by atoms with Gasteiger partial charge in [0.2, 0.25) is 0 Å². The van der Waals surface area contributed by atoms with Crippen LogP contribution in [0.3, 0.4) is 0 Å². The smallest absolute Gasteiger partial charge is 0.198 e. The van der Waals surface area contributed by atoms with E-state index < -0.39 is 0 Å². The third-order valence-electron chi connectivity index (χ3n) is 2.61. The van der Waals surface area contributed by atoms with Crippen molar-refractivity contribution < 1.29 is 0 Å². The van der Waals surface area contributed by atoms with Crippen molar-refractivity contribution in [2.24, 2.45) is 5.84 Å². The maximum absolute atomic E-state index is 5.95. The number of hydrazine groups is 1. The Morgan fingerprint density at radius 1 is 1.50 bits per heavy atom. The van der Waals surface area contributed by atoms with Crippen molar-refractivity contribution in [2.45, 2.75) is 6.04 Å². The number of fused-ring (bicyclic) bond motifs is 1. The number of anilines is 1. The van der Waals surface area contributed by atoms with E-state index in [1.54, 1.807) is 16.3 Å². The fourth-order valence-corrected chi connectivity index (χ4v) is 2.58. The van der Waals surface area contributed by atoms with Crippen molar-refractivity contribution in [1.29, 1.82) is 0 Å². The number of nitrogens with one attached hydrogen (secondary N) is 1. The molecule has 0 fully saturated rings. The molecule has 5 nitrogen and oxygen atoms in total. The van der Waals surface area contributed by atoms with E-state index in [0.717, 1.165) is 17.0 Å². The third-order valence-corrected chi connectivity index (χ3v) is 3.31. The van der Waals surface area contributed by atoms with Crippen LogP contribution in [0.15, 0.2) is 23.0 Å². The first kappa shape index (κ1) is 9.44. The van der Waals surface area contributed by atoms with E-state index in [9.17, 15) is 0 Å². The van der Waals surface area contributed by atoms with Crippen molar-refractivity contribution in [2.75, 3.05) is 5.73 Å². The lowest BCUT2D eigenvalue weighted by molar-refractivity contribution is 0.322. The Balaban J connectivity index is 2.13. The lowest BCUT2D eigenvalue weighted by atomic mass is 10.0. The molecule has 2 aromatic heterocycles. The van der Waals surface area contributed by atoms with Gasteiger partial charge in [-0.2, -0.15) is 11.3 Å². The molecule has 16 heavy (non-hydrogen) atoms. The highest BCUT2D eigenvalue weighted by Crippen LogP contribution is 2.33. The molecule has 0 bridgehead atoms. The molecule has 0 spiro atoms. The van der Waals surface area contributed by atoms with Gasteiger partial charge in [-0.3, -0.25) is 0 Å². The van der Waals surface area contributed by atoms with Crippen molar-refractivity contribution in [3.05, 3.63) is 40.0 Å². The lowest BCUT2D eigenvalue weighted by Crippen LogP contribution is -2.33. The van der Waals surface area contributed by atoms with Gasteiger partial charge < -0.3 is 15.7 Å². The van der Waals surface area contributed by atoms with Crippen molar-refractivity contribution in [1.82, 2.24) is 15.0 Å². The molecule has 1 atom stereocenters. The van der Waals surface area contributed by atoms with E-state index in [1.165, 1.54) is 0 Å². The standard InChI is InChI=1S/C10H11N5S/c11-10-13-7-1-3-15(12)9(8(7)14-10)6-2-4-16-5-6/h1-5,9H,12H2,(H3,11,13,14). The highest BCUT2D eigenvalue weighted by molar-refractivity contribution is 7.08. The van der Waals surface area contributed by atoms with Gasteiger partial charge in [-0.15, -0.1) is 0 Å². The molecule has 5 N–H and O–H groups in total. The quantitative estimate of drug-likeness (QED) is 0.648. The zero-order valence-corrected chi connectivity index (χ0v) is 9.24. The maximum Gasteiger partial charge on any atom is 0.198 e. The number of hydrogen-bond donors (Lipinski definition) is 3. The summed E-state index contributed by atoms with van der Waals surface area (Å²) < 4.78 is 0. The lowest BCUT2D eigenvalue weighted by Gasteiger charge is -2.27. The molecule has 1 aliphatic rings. The summed E-state index contributed by atoms with van der Waals surface area (Å²) in [4.78, 5) is 7.30. The minimum Gasteiger partial charge on any atom is -0.369 e. The third kappa shape index (κ3) is 1.31. The average molecular weight is 233 g/mol. The minimum absolute atomic E-state index is 0.0557. The van der Waals surface area contributed by atoms with Crippen molar-refractivity contribution in [3.63, 3.8) is 0 Å². The van der Waals surface area contributed by atoms with Crippen LogP contribution >= 0.6 is 11.3 Å². The number of nitrogens with zero attached hydrogens (tertiary/aromatic N) is 2. The molecule has 0 aromatic carbocycles. The minimum atomic E-state index is -0.0557. The van der Waals surface area contributed by atoms with Crippen LogP contribution in [0.2, 0.25) is 0 Å². The number of aromatic amines is 1. The largest absolute Gasteiger partial charge is 0.369 e. The Morgan fingerprint density at radius 2 is 2.38 bits per heavy atom. The number of nitrogen functional groups attached to an aromatic ring is 1. The number of thiophene rings is 1. The molecule has 0 radical (unpaired) electrons. The average Bonchev–Trinajstić information content (AvgIpc) is 2.85. The fraction of sp³-hybridized carbons (Fsp3) is 0.100. The van der Waals surface area contributed by atoms with Crippen LogP contribution in [-0.2, 0) is 0 Å². The van der Waals surface area contributed by atoms with E-state index in [1.807, 2.05) is 23.7 Å². The summed E-state index contributed by atoms with van der Waals surface area (Å²) in [5.74, 6) is 6.37. The predicted octanol–water partition coefficient (Wildman–Crippen LogP) is 1.30. The molecule has 2 aromatic rings. The summed E-state index contributed by atoms with van der Waals surface area (Å²) in [5, 5.41) is 5.74. The van der Waals surface area contributed by atoms with Crippen LogP contribution in [0.25, 0.3) is 6.08 Å². The number of H-pyrrole nitrogens is 1. The van der Waals surface area contributed by atoms with Gasteiger partial charge in [0.15, 0.2) is 5.95 Å². The maximum atomic E-state index is 5.95. The fourth-order valence-electron chi connectivity index (χ4n) is 1.90. The van der Waals surface area contributed by atoms with E-state index in [2.05, 4.69) is 15.3 Å². The molecular weight excluding hydrogens is 222 g/mol. The van der Waals surface area contributed by atoms with Gasteiger partial charge in [-0.1, -0.05) is 0 Å². The van der Waals surface area contributed by atoms with Crippen LogP contribution < -0.4 is 11.6 Å². The second kappa shape index (κ2) is 3.36. The van der Waals surface area contributed by atoms with Gasteiger partial charge in [0.25, 0.3) is 0 Å². The number of rotatable bonds is 1. The Bertz CT molecular complexity index is 527. The molecule has 0 saturated carbocycles. The highest BCUT2D eigenvalue weighted by Gasteiger charge is 2.27. The molecule has 1 aliphatic heterocycles. The predicted molar refractivity (Wildman–Crippen MR) is 64.2 cm³/mol. The Morgan fingerprint density at radius 3 is 3.12 bits per heavy atom. The Kier molecular flexibility index (Phi) is 1.98.